The van der Waals surface area contributed by atoms with Crippen LogP contribution in [-0.2, 0) is 11.8 Å². The number of halogens is 1. The molecule has 0 fully saturated rings. The van der Waals surface area contributed by atoms with E-state index in [0.29, 0.717) is 16.8 Å². The van der Waals surface area contributed by atoms with Gasteiger partial charge in [0.2, 0.25) is 0 Å². The maximum Gasteiger partial charge on any atom is 0.339 e. The SMILES string of the molecule is CC.COC(=O)c1cc(-c2ccnn2C)c(C(C)F)cc1N. The fourth-order valence-electron chi connectivity index (χ4n) is 2.11. The minimum atomic E-state index is -1.21. The molecule has 1 aromatic carbocycles. The third kappa shape index (κ3) is 3.44. The first-order chi connectivity index (χ1) is 10.5. The summed E-state index contributed by atoms with van der Waals surface area (Å²) in [5, 5.41) is 4.06. The first-order valence-corrected chi connectivity index (χ1v) is 7.10. The second-order valence-electron chi connectivity index (χ2n) is 4.47. The predicted molar refractivity (Wildman–Crippen MR) is 85.3 cm³/mol. The van der Waals surface area contributed by atoms with Crippen molar-refractivity contribution in [2.75, 3.05) is 12.8 Å². The van der Waals surface area contributed by atoms with Crippen LogP contribution < -0.4 is 5.73 Å². The zero-order chi connectivity index (χ0) is 16.9. The summed E-state index contributed by atoms with van der Waals surface area (Å²) in [6, 6.07) is 4.77. The highest BCUT2D eigenvalue weighted by atomic mass is 19.1. The van der Waals surface area contributed by atoms with Crippen LogP contribution in [0.25, 0.3) is 11.3 Å². The molecule has 5 nitrogen and oxygen atoms in total. The fraction of sp³-hybridized carbons (Fsp3) is 0.375. The molecule has 2 rings (SSSR count). The van der Waals surface area contributed by atoms with Gasteiger partial charge in [0.05, 0.1) is 18.4 Å². The zero-order valence-corrected chi connectivity index (χ0v) is 13.6. The summed E-state index contributed by atoms with van der Waals surface area (Å²) >= 11 is 0. The number of hydrogen-bond acceptors (Lipinski definition) is 4. The van der Waals surface area contributed by atoms with Crippen LogP contribution in [0.2, 0.25) is 0 Å². The summed E-state index contributed by atoms with van der Waals surface area (Å²) in [6.45, 7) is 5.42. The second kappa shape index (κ2) is 7.59. The van der Waals surface area contributed by atoms with Gasteiger partial charge in [0.1, 0.15) is 6.17 Å². The number of methoxy groups -OCH3 is 1. The van der Waals surface area contributed by atoms with E-state index < -0.39 is 12.1 Å². The summed E-state index contributed by atoms with van der Waals surface area (Å²) < 4.78 is 20.1. The number of nitrogens with two attached hydrogens (primary N) is 1. The van der Waals surface area contributed by atoms with Crippen LogP contribution in [0, 0.1) is 0 Å². The van der Waals surface area contributed by atoms with Crippen LogP contribution in [0.1, 0.15) is 42.9 Å². The number of ether oxygens (including phenoxy) is 1. The van der Waals surface area contributed by atoms with Gasteiger partial charge in [0.25, 0.3) is 0 Å². The Morgan fingerprint density at radius 3 is 2.50 bits per heavy atom. The highest BCUT2D eigenvalue weighted by Crippen LogP contribution is 2.33. The van der Waals surface area contributed by atoms with Gasteiger partial charge in [0, 0.05) is 24.5 Å². The van der Waals surface area contributed by atoms with Gasteiger partial charge in [-0.25, -0.2) is 9.18 Å². The molecule has 2 N–H and O–H groups in total. The van der Waals surface area contributed by atoms with Gasteiger partial charge in [-0.15, -0.1) is 0 Å². The molecular formula is C16H22FN3O2. The average molecular weight is 307 g/mol. The molecule has 1 aromatic heterocycles. The van der Waals surface area contributed by atoms with Crippen LogP contribution in [0.4, 0.5) is 10.1 Å². The average Bonchev–Trinajstić information content (AvgIpc) is 2.94. The number of nitrogen functional groups attached to an aromatic ring is 1. The summed E-state index contributed by atoms with van der Waals surface area (Å²) in [4.78, 5) is 11.7. The van der Waals surface area contributed by atoms with Gasteiger partial charge in [-0.2, -0.15) is 5.10 Å². The normalized spacial score (nSPS) is 11.4. The van der Waals surface area contributed by atoms with E-state index in [-0.39, 0.29) is 11.3 Å². The van der Waals surface area contributed by atoms with Crippen molar-refractivity contribution in [3.05, 3.63) is 35.5 Å². The lowest BCUT2D eigenvalue weighted by molar-refractivity contribution is 0.0602. The maximum atomic E-state index is 13.8. The number of carbonyl (C=O) groups excluding carboxylic acids is 1. The van der Waals surface area contributed by atoms with E-state index in [9.17, 15) is 9.18 Å². The molecule has 0 spiro atoms. The highest BCUT2D eigenvalue weighted by Gasteiger charge is 2.19. The molecule has 1 unspecified atom stereocenters. The molecule has 0 amide bonds. The number of carbonyl (C=O) groups is 1. The molecule has 0 bridgehead atoms. The lowest BCUT2D eigenvalue weighted by Gasteiger charge is -2.14. The van der Waals surface area contributed by atoms with Crippen LogP contribution in [0.15, 0.2) is 24.4 Å². The van der Waals surface area contributed by atoms with Gasteiger partial charge in [-0.1, -0.05) is 13.8 Å². The number of alkyl halides is 1. The topological polar surface area (TPSA) is 70.1 Å². The Morgan fingerprint density at radius 1 is 1.41 bits per heavy atom. The van der Waals surface area contributed by atoms with Crippen LogP contribution in [-0.4, -0.2) is 22.9 Å². The number of anilines is 1. The summed E-state index contributed by atoms with van der Waals surface area (Å²) in [5.41, 5.74) is 7.92. The van der Waals surface area contributed by atoms with Crippen molar-refractivity contribution in [2.24, 2.45) is 7.05 Å². The highest BCUT2D eigenvalue weighted by molar-refractivity contribution is 5.97. The molecule has 2 aromatic rings. The third-order valence-corrected chi connectivity index (χ3v) is 3.15. The van der Waals surface area contributed by atoms with E-state index >= 15 is 0 Å². The van der Waals surface area contributed by atoms with Crippen molar-refractivity contribution in [1.29, 1.82) is 0 Å². The van der Waals surface area contributed by atoms with E-state index in [1.165, 1.54) is 20.1 Å². The number of esters is 1. The molecule has 0 radical (unpaired) electrons. The minimum absolute atomic E-state index is 0.197. The van der Waals surface area contributed by atoms with Crippen molar-refractivity contribution >= 4 is 11.7 Å². The Balaban J connectivity index is 0.00000116. The molecule has 1 atom stereocenters. The Morgan fingerprint density at radius 2 is 2.05 bits per heavy atom. The Kier molecular flexibility index (Phi) is 6.10. The largest absolute Gasteiger partial charge is 0.465 e. The Bertz CT molecular complexity index is 651. The molecule has 0 saturated carbocycles. The van der Waals surface area contributed by atoms with E-state index in [2.05, 4.69) is 9.84 Å². The predicted octanol–water partition coefficient (Wildman–Crippen LogP) is 3.51. The molecule has 1 heterocycles. The molecule has 0 saturated heterocycles. The lowest BCUT2D eigenvalue weighted by atomic mass is 9.97. The standard InChI is InChI=1S/C14H16FN3O2.C2H6/c1-8(15)9-7-12(16)11(14(19)20-3)6-10(9)13-4-5-17-18(13)2;1-2/h4-8H,16H2,1-3H3;1-2H3. The maximum absolute atomic E-state index is 13.8. The minimum Gasteiger partial charge on any atom is -0.465 e. The summed E-state index contributed by atoms with van der Waals surface area (Å²) in [5.74, 6) is -0.552. The van der Waals surface area contributed by atoms with E-state index in [4.69, 9.17) is 5.73 Å². The molecule has 120 valence electrons. The quantitative estimate of drug-likeness (QED) is 0.696. The van der Waals surface area contributed by atoms with Crippen LogP contribution in [0.3, 0.4) is 0 Å². The number of rotatable bonds is 3. The Labute approximate surface area is 129 Å². The van der Waals surface area contributed by atoms with Crippen LogP contribution in [0.5, 0.6) is 0 Å². The van der Waals surface area contributed by atoms with Gasteiger partial charge in [-0.3, -0.25) is 4.68 Å². The fourth-order valence-corrected chi connectivity index (χ4v) is 2.11. The number of aromatic nitrogens is 2. The zero-order valence-electron chi connectivity index (χ0n) is 13.6. The molecule has 0 aliphatic carbocycles. The molecule has 0 aliphatic rings. The lowest BCUT2D eigenvalue weighted by Crippen LogP contribution is -2.08. The monoisotopic (exact) mass is 307 g/mol. The number of benzene rings is 1. The van der Waals surface area contributed by atoms with E-state index in [1.807, 2.05) is 13.8 Å². The third-order valence-electron chi connectivity index (χ3n) is 3.15. The second-order valence-corrected chi connectivity index (χ2v) is 4.47. The smallest absolute Gasteiger partial charge is 0.339 e. The van der Waals surface area contributed by atoms with Crippen LogP contribution >= 0.6 is 0 Å². The molecule has 6 heteroatoms. The van der Waals surface area contributed by atoms with E-state index in [1.54, 1.807) is 30.1 Å². The van der Waals surface area contributed by atoms with Crippen molar-refractivity contribution in [3.63, 3.8) is 0 Å². The summed E-state index contributed by atoms with van der Waals surface area (Å²) in [6.07, 6.45) is 0.393. The van der Waals surface area contributed by atoms with Gasteiger partial charge >= 0.3 is 5.97 Å². The molecular weight excluding hydrogens is 285 g/mol. The first kappa shape index (κ1) is 17.7. The number of hydrogen-bond donors (Lipinski definition) is 1. The summed E-state index contributed by atoms with van der Waals surface area (Å²) in [7, 11) is 3.02. The van der Waals surface area contributed by atoms with Gasteiger partial charge in [0.15, 0.2) is 0 Å². The first-order valence-electron chi connectivity index (χ1n) is 7.10. The number of aryl methyl sites for hydroxylation is 1. The Hall–Kier alpha value is -2.37. The van der Waals surface area contributed by atoms with Crippen molar-refractivity contribution in [3.8, 4) is 11.3 Å². The van der Waals surface area contributed by atoms with Crippen molar-refractivity contribution < 1.29 is 13.9 Å². The van der Waals surface area contributed by atoms with Crippen molar-refractivity contribution in [2.45, 2.75) is 26.9 Å². The molecule has 0 aliphatic heterocycles. The van der Waals surface area contributed by atoms with E-state index in [0.717, 1.165) is 0 Å². The van der Waals surface area contributed by atoms with Gasteiger partial charge < -0.3 is 10.5 Å². The number of nitrogens with zero attached hydrogens (tertiary/aromatic N) is 2. The van der Waals surface area contributed by atoms with Crippen molar-refractivity contribution in [1.82, 2.24) is 9.78 Å². The molecule has 22 heavy (non-hydrogen) atoms. The van der Waals surface area contributed by atoms with Gasteiger partial charge in [-0.05, 0) is 30.7 Å².